The minimum Gasteiger partial charge on any atom is -0.350 e. The summed E-state index contributed by atoms with van der Waals surface area (Å²) in [7, 11) is 0. The Morgan fingerprint density at radius 3 is 3.04 bits per heavy atom. The lowest BCUT2D eigenvalue weighted by Gasteiger charge is -2.08. The van der Waals surface area contributed by atoms with Gasteiger partial charge in [0.05, 0.1) is 23.9 Å². The Morgan fingerprint density at radius 2 is 2.12 bits per heavy atom. The van der Waals surface area contributed by atoms with Crippen LogP contribution in [0.15, 0.2) is 53.4 Å². The Labute approximate surface area is 150 Å². The predicted molar refractivity (Wildman–Crippen MR) is 102 cm³/mol. The largest absolute Gasteiger partial charge is 0.350 e. The lowest BCUT2D eigenvalue weighted by atomic mass is 10.2. The Bertz CT molecular complexity index is 1010. The molecule has 1 saturated carbocycles. The molecular formula is C19H19N7. The number of rotatable bonds is 5. The maximum Gasteiger partial charge on any atom is 0.224 e. The summed E-state index contributed by atoms with van der Waals surface area (Å²) >= 11 is 0. The van der Waals surface area contributed by atoms with Gasteiger partial charge in [0, 0.05) is 12.7 Å². The van der Waals surface area contributed by atoms with Gasteiger partial charge in [-0.2, -0.15) is 4.98 Å². The maximum atomic E-state index is 4.55. The van der Waals surface area contributed by atoms with Crippen LogP contribution in [-0.2, 0) is 6.54 Å². The van der Waals surface area contributed by atoms with Crippen LogP contribution in [0, 0.1) is 5.92 Å². The summed E-state index contributed by atoms with van der Waals surface area (Å²) in [5.41, 5.74) is 4.53. The van der Waals surface area contributed by atoms with Crippen molar-refractivity contribution in [2.24, 2.45) is 10.9 Å². The molecule has 3 aromatic rings. The van der Waals surface area contributed by atoms with Crippen molar-refractivity contribution < 1.29 is 0 Å². The number of aromatic amines is 1. The van der Waals surface area contributed by atoms with Crippen LogP contribution in [0.1, 0.15) is 18.4 Å². The van der Waals surface area contributed by atoms with Crippen molar-refractivity contribution in [3.8, 4) is 0 Å². The highest BCUT2D eigenvalue weighted by Crippen LogP contribution is 2.37. The molecule has 0 saturated heterocycles. The van der Waals surface area contributed by atoms with Crippen LogP contribution in [0.25, 0.3) is 11.0 Å². The zero-order valence-electron chi connectivity index (χ0n) is 14.2. The lowest BCUT2D eigenvalue weighted by Crippen LogP contribution is -2.11. The van der Waals surface area contributed by atoms with Crippen molar-refractivity contribution in [2.75, 3.05) is 17.2 Å². The number of benzene rings is 1. The molecule has 3 N–H and O–H groups in total. The van der Waals surface area contributed by atoms with E-state index in [2.05, 4.69) is 47.7 Å². The number of para-hydroxylation sites is 1. The van der Waals surface area contributed by atoms with E-state index >= 15 is 0 Å². The minimum absolute atomic E-state index is 0.576. The molecule has 1 aliphatic carbocycles. The highest BCUT2D eigenvalue weighted by molar-refractivity contribution is 6.05. The molecule has 1 fully saturated rings. The van der Waals surface area contributed by atoms with Crippen LogP contribution in [0.4, 0.5) is 11.8 Å². The molecule has 0 amide bonds. The number of hydrogen-bond acceptors (Lipinski definition) is 6. The third-order valence-electron chi connectivity index (χ3n) is 4.74. The van der Waals surface area contributed by atoms with Gasteiger partial charge in [-0.25, -0.2) is 9.97 Å². The molecule has 130 valence electrons. The Morgan fingerprint density at radius 1 is 1.15 bits per heavy atom. The molecule has 1 aliphatic heterocycles. The molecule has 0 atom stereocenters. The first-order chi connectivity index (χ1) is 12.8. The summed E-state index contributed by atoms with van der Waals surface area (Å²) in [5.74, 6) is 2.96. The van der Waals surface area contributed by atoms with Gasteiger partial charge in [-0.15, -0.1) is 0 Å². The van der Waals surface area contributed by atoms with E-state index in [0.717, 1.165) is 40.7 Å². The van der Waals surface area contributed by atoms with Gasteiger partial charge < -0.3 is 15.6 Å². The van der Waals surface area contributed by atoms with E-state index in [1.165, 1.54) is 18.4 Å². The topological polar surface area (TPSA) is 90.9 Å². The maximum absolute atomic E-state index is 4.55. The van der Waals surface area contributed by atoms with Gasteiger partial charge in [-0.3, -0.25) is 4.99 Å². The van der Waals surface area contributed by atoms with Gasteiger partial charge in [0.15, 0.2) is 0 Å². The molecule has 0 spiro atoms. The molecule has 0 bridgehead atoms. The van der Waals surface area contributed by atoms with Crippen LogP contribution in [-0.4, -0.2) is 32.3 Å². The minimum atomic E-state index is 0.576. The normalized spacial score (nSPS) is 16.5. The molecule has 0 unspecified atom stereocenters. The summed E-state index contributed by atoms with van der Waals surface area (Å²) in [6.45, 7) is 1.43. The van der Waals surface area contributed by atoms with Crippen LogP contribution < -0.4 is 10.6 Å². The third kappa shape index (κ3) is 3.03. The number of imidazole rings is 1. The monoisotopic (exact) mass is 345 g/mol. The molecule has 7 heteroatoms. The van der Waals surface area contributed by atoms with Crippen molar-refractivity contribution in [3.63, 3.8) is 0 Å². The second-order valence-electron chi connectivity index (χ2n) is 6.65. The highest BCUT2D eigenvalue weighted by Gasteiger charge is 2.27. The number of aromatic nitrogens is 4. The number of hydrogen-bond donors (Lipinski definition) is 3. The quantitative estimate of drug-likeness (QED) is 0.661. The average molecular weight is 345 g/mol. The first-order valence-corrected chi connectivity index (χ1v) is 8.85. The summed E-state index contributed by atoms with van der Waals surface area (Å²) in [4.78, 5) is 20.9. The van der Waals surface area contributed by atoms with Gasteiger partial charge in [-0.05, 0) is 48.1 Å². The smallest absolute Gasteiger partial charge is 0.224 e. The van der Waals surface area contributed by atoms with Crippen LogP contribution in [0.5, 0.6) is 0 Å². The zero-order valence-corrected chi connectivity index (χ0v) is 14.2. The standard InChI is InChI=1S/C19H19N7/c1-2-13(18-15(3-1)23-11-24-18)9-22-19-20-7-6-16(26-19)25-17-8-14(10-21-17)12-4-5-12/h1-3,6-8,11-12H,4-5,9-10H2,(H,23,24)(H2,20,21,22,25,26). The summed E-state index contributed by atoms with van der Waals surface area (Å²) in [5, 5.41) is 6.56. The number of H-pyrrole nitrogens is 1. The lowest BCUT2D eigenvalue weighted by molar-refractivity contribution is 0.959. The molecule has 0 radical (unpaired) electrons. The fraction of sp³-hybridized carbons (Fsp3) is 0.263. The first kappa shape index (κ1) is 15.1. The van der Waals surface area contributed by atoms with Crippen molar-refractivity contribution >= 4 is 28.6 Å². The summed E-state index contributed by atoms with van der Waals surface area (Å²) in [6.07, 6.45) is 8.22. The molecule has 26 heavy (non-hydrogen) atoms. The van der Waals surface area contributed by atoms with Gasteiger partial charge in [0.25, 0.3) is 0 Å². The van der Waals surface area contributed by atoms with E-state index in [4.69, 9.17) is 0 Å². The van der Waals surface area contributed by atoms with Gasteiger partial charge in [0.2, 0.25) is 5.95 Å². The molecule has 7 nitrogen and oxygen atoms in total. The highest BCUT2D eigenvalue weighted by atomic mass is 15.2. The predicted octanol–water partition coefficient (Wildman–Crippen LogP) is 3.13. The van der Waals surface area contributed by atoms with E-state index in [0.29, 0.717) is 12.5 Å². The molecule has 5 rings (SSSR count). The second kappa shape index (κ2) is 6.25. The van der Waals surface area contributed by atoms with Gasteiger partial charge in [0.1, 0.15) is 11.7 Å². The number of fused-ring (bicyclic) bond motifs is 1. The number of nitrogens with zero attached hydrogens (tertiary/aromatic N) is 4. The molecule has 2 aliphatic rings. The Hall–Kier alpha value is -3.22. The fourth-order valence-corrected chi connectivity index (χ4v) is 3.21. The number of nitrogens with one attached hydrogen (secondary N) is 3. The van der Waals surface area contributed by atoms with E-state index in [1.807, 2.05) is 18.2 Å². The van der Waals surface area contributed by atoms with Crippen LogP contribution in [0.2, 0.25) is 0 Å². The Kier molecular flexibility index (Phi) is 3.62. The SMILES string of the molecule is C1=C(C2CC2)CN=C1Nc1ccnc(NCc2cccc3[nH]cnc23)n1. The van der Waals surface area contributed by atoms with Crippen molar-refractivity contribution in [3.05, 3.63) is 54.0 Å². The number of amidine groups is 1. The van der Waals surface area contributed by atoms with Crippen LogP contribution >= 0.6 is 0 Å². The van der Waals surface area contributed by atoms with Gasteiger partial charge in [-0.1, -0.05) is 12.1 Å². The number of aliphatic imine (C=N–C) groups is 1. The van der Waals surface area contributed by atoms with E-state index in [-0.39, 0.29) is 0 Å². The molecule has 2 aromatic heterocycles. The first-order valence-electron chi connectivity index (χ1n) is 8.85. The third-order valence-corrected chi connectivity index (χ3v) is 4.74. The second-order valence-corrected chi connectivity index (χ2v) is 6.65. The fourth-order valence-electron chi connectivity index (χ4n) is 3.21. The van der Waals surface area contributed by atoms with Crippen molar-refractivity contribution in [1.29, 1.82) is 0 Å². The van der Waals surface area contributed by atoms with Crippen molar-refractivity contribution in [2.45, 2.75) is 19.4 Å². The molecule has 1 aromatic carbocycles. The van der Waals surface area contributed by atoms with Crippen molar-refractivity contribution in [1.82, 2.24) is 19.9 Å². The summed E-state index contributed by atoms with van der Waals surface area (Å²) in [6, 6.07) is 7.93. The molecule has 3 heterocycles. The number of anilines is 2. The zero-order chi connectivity index (χ0) is 17.3. The van der Waals surface area contributed by atoms with E-state index < -0.39 is 0 Å². The van der Waals surface area contributed by atoms with Crippen LogP contribution in [0.3, 0.4) is 0 Å². The van der Waals surface area contributed by atoms with E-state index in [1.54, 1.807) is 12.5 Å². The van der Waals surface area contributed by atoms with Gasteiger partial charge >= 0.3 is 0 Å². The van der Waals surface area contributed by atoms with E-state index in [9.17, 15) is 0 Å². The molecular weight excluding hydrogens is 326 g/mol. The average Bonchev–Trinajstić information content (AvgIpc) is 3.21. The Balaban J connectivity index is 1.27. The summed E-state index contributed by atoms with van der Waals surface area (Å²) < 4.78 is 0.